The van der Waals surface area contributed by atoms with Crippen molar-refractivity contribution in [3.63, 3.8) is 0 Å². The average molecular weight is 347 g/mol. The zero-order valence-electron chi connectivity index (χ0n) is 13.5. The summed E-state index contributed by atoms with van der Waals surface area (Å²) in [5, 5.41) is 5.65. The van der Waals surface area contributed by atoms with Crippen molar-refractivity contribution in [3.05, 3.63) is 59.1 Å². The number of halogens is 1. The predicted octanol–water partition coefficient (Wildman–Crippen LogP) is 3.50. The molecule has 126 valence electrons. The highest BCUT2D eigenvalue weighted by Gasteiger charge is 2.09. The van der Waals surface area contributed by atoms with Crippen LogP contribution in [0.2, 0.25) is 5.02 Å². The molecule has 0 aliphatic carbocycles. The first-order valence-electron chi connectivity index (χ1n) is 7.55. The Morgan fingerprint density at radius 3 is 2.46 bits per heavy atom. The molecule has 2 aromatic rings. The minimum Gasteiger partial charge on any atom is -0.489 e. The Morgan fingerprint density at radius 2 is 1.83 bits per heavy atom. The van der Waals surface area contributed by atoms with Crippen LogP contribution in [0.4, 0.5) is 5.69 Å². The number of amides is 2. The summed E-state index contributed by atoms with van der Waals surface area (Å²) in [5.74, 6) is -0.0839. The summed E-state index contributed by atoms with van der Waals surface area (Å²) in [6.45, 7) is 3.68. The highest BCUT2D eigenvalue weighted by molar-refractivity contribution is 6.32. The first-order valence-corrected chi connectivity index (χ1v) is 7.93. The molecule has 2 aromatic carbocycles. The standard InChI is InChI=1S/C18H19ClN2O3/c1-12(2)24-16-9-8-14(10-15(16)19)21-17(22)11-20-18(23)13-6-4-3-5-7-13/h3-10,12H,11H2,1-2H3,(H,20,23)(H,21,22). The van der Waals surface area contributed by atoms with Crippen molar-refractivity contribution in [3.8, 4) is 5.75 Å². The number of anilines is 1. The lowest BCUT2D eigenvalue weighted by Gasteiger charge is -2.13. The third-order valence-corrected chi connectivity index (χ3v) is 3.32. The molecular weight excluding hydrogens is 328 g/mol. The second kappa shape index (κ2) is 8.36. The Morgan fingerprint density at radius 1 is 1.12 bits per heavy atom. The van der Waals surface area contributed by atoms with E-state index in [1.54, 1.807) is 42.5 Å². The maximum absolute atomic E-state index is 11.9. The molecule has 5 nitrogen and oxygen atoms in total. The molecule has 0 aliphatic rings. The summed E-state index contributed by atoms with van der Waals surface area (Å²) < 4.78 is 5.53. The largest absolute Gasteiger partial charge is 0.489 e. The van der Waals surface area contributed by atoms with Gasteiger partial charge < -0.3 is 15.4 Å². The number of carbonyl (C=O) groups is 2. The Labute approximate surface area is 146 Å². The Bertz CT molecular complexity index is 717. The third-order valence-electron chi connectivity index (χ3n) is 3.02. The van der Waals surface area contributed by atoms with Crippen molar-refractivity contribution in [1.29, 1.82) is 0 Å². The Balaban J connectivity index is 1.88. The molecule has 0 aliphatic heterocycles. The molecule has 2 N–H and O–H groups in total. The molecule has 0 radical (unpaired) electrons. The maximum Gasteiger partial charge on any atom is 0.251 e. The minimum absolute atomic E-state index is 0.0103. The van der Waals surface area contributed by atoms with Crippen molar-refractivity contribution in [2.45, 2.75) is 20.0 Å². The van der Waals surface area contributed by atoms with Gasteiger partial charge in [0.2, 0.25) is 5.91 Å². The van der Waals surface area contributed by atoms with Crippen LogP contribution in [0.1, 0.15) is 24.2 Å². The first-order chi connectivity index (χ1) is 11.5. The second-order valence-corrected chi connectivity index (χ2v) is 5.82. The normalized spacial score (nSPS) is 10.3. The highest BCUT2D eigenvalue weighted by Crippen LogP contribution is 2.28. The lowest BCUT2D eigenvalue weighted by Crippen LogP contribution is -2.32. The zero-order chi connectivity index (χ0) is 17.5. The van der Waals surface area contributed by atoms with E-state index in [4.69, 9.17) is 16.3 Å². The molecular formula is C18H19ClN2O3. The summed E-state index contributed by atoms with van der Waals surface area (Å²) in [6.07, 6.45) is 0.0103. The summed E-state index contributed by atoms with van der Waals surface area (Å²) in [4.78, 5) is 23.8. The van der Waals surface area contributed by atoms with Crippen LogP contribution in [-0.4, -0.2) is 24.5 Å². The van der Waals surface area contributed by atoms with E-state index in [0.29, 0.717) is 22.0 Å². The minimum atomic E-state index is -0.340. The molecule has 0 bridgehead atoms. The van der Waals surface area contributed by atoms with E-state index in [1.165, 1.54) is 0 Å². The van der Waals surface area contributed by atoms with E-state index in [2.05, 4.69) is 10.6 Å². The number of rotatable bonds is 6. The summed E-state index contributed by atoms with van der Waals surface area (Å²) in [6, 6.07) is 13.7. The molecule has 0 aromatic heterocycles. The van der Waals surface area contributed by atoms with Gasteiger partial charge in [0.1, 0.15) is 5.75 Å². The topological polar surface area (TPSA) is 67.4 Å². The summed E-state index contributed by atoms with van der Waals surface area (Å²) in [7, 11) is 0. The zero-order valence-corrected chi connectivity index (χ0v) is 14.3. The van der Waals surface area contributed by atoms with Gasteiger partial charge in [0.05, 0.1) is 17.7 Å². The first kappa shape index (κ1) is 17.8. The van der Waals surface area contributed by atoms with E-state index < -0.39 is 0 Å². The van der Waals surface area contributed by atoms with Gasteiger partial charge in [-0.3, -0.25) is 9.59 Å². The number of ether oxygens (including phenoxy) is 1. The summed E-state index contributed by atoms with van der Waals surface area (Å²) in [5.41, 5.74) is 1.04. The fraction of sp³-hybridized carbons (Fsp3) is 0.222. The monoisotopic (exact) mass is 346 g/mol. The molecule has 24 heavy (non-hydrogen) atoms. The van der Waals surface area contributed by atoms with E-state index in [-0.39, 0.29) is 24.5 Å². The van der Waals surface area contributed by atoms with Gasteiger partial charge in [0.25, 0.3) is 5.91 Å². The smallest absolute Gasteiger partial charge is 0.251 e. The molecule has 0 heterocycles. The van der Waals surface area contributed by atoms with Gasteiger partial charge in [-0.1, -0.05) is 29.8 Å². The van der Waals surface area contributed by atoms with Crippen LogP contribution >= 0.6 is 11.6 Å². The van der Waals surface area contributed by atoms with Gasteiger partial charge in [0.15, 0.2) is 0 Å². The summed E-state index contributed by atoms with van der Waals surface area (Å²) >= 11 is 6.12. The molecule has 0 saturated heterocycles. The predicted molar refractivity (Wildman–Crippen MR) is 94.6 cm³/mol. The van der Waals surface area contributed by atoms with Gasteiger partial charge in [-0.25, -0.2) is 0 Å². The SMILES string of the molecule is CC(C)Oc1ccc(NC(=O)CNC(=O)c2ccccc2)cc1Cl. The fourth-order valence-corrected chi connectivity index (χ4v) is 2.21. The van der Waals surface area contributed by atoms with Crippen LogP contribution in [0, 0.1) is 0 Å². The van der Waals surface area contributed by atoms with Gasteiger partial charge >= 0.3 is 0 Å². The molecule has 0 fully saturated rings. The van der Waals surface area contributed by atoms with Crippen molar-refractivity contribution < 1.29 is 14.3 Å². The van der Waals surface area contributed by atoms with Crippen LogP contribution in [0.5, 0.6) is 5.75 Å². The maximum atomic E-state index is 11.9. The van der Waals surface area contributed by atoms with Crippen molar-refractivity contribution in [2.24, 2.45) is 0 Å². The molecule has 2 amide bonds. The third kappa shape index (κ3) is 5.28. The lowest BCUT2D eigenvalue weighted by molar-refractivity contribution is -0.115. The van der Waals surface area contributed by atoms with E-state index >= 15 is 0 Å². The molecule has 0 spiro atoms. The number of carbonyl (C=O) groups excluding carboxylic acids is 2. The quantitative estimate of drug-likeness (QED) is 0.841. The van der Waals surface area contributed by atoms with E-state index in [9.17, 15) is 9.59 Å². The van der Waals surface area contributed by atoms with Gasteiger partial charge in [-0.15, -0.1) is 0 Å². The number of hydrogen-bond donors (Lipinski definition) is 2. The van der Waals surface area contributed by atoms with E-state index in [1.807, 2.05) is 19.9 Å². The number of benzene rings is 2. The van der Waals surface area contributed by atoms with Crippen LogP contribution in [0.3, 0.4) is 0 Å². The Kier molecular flexibility index (Phi) is 6.21. The van der Waals surface area contributed by atoms with Crippen LogP contribution in [0.15, 0.2) is 48.5 Å². The van der Waals surface area contributed by atoms with Crippen molar-refractivity contribution in [1.82, 2.24) is 5.32 Å². The van der Waals surface area contributed by atoms with Gasteiger partial charge in [-0.05, 0) is 44.2 Å². The van der Waals surface area contributed by atoms with Crippen LogP contribution in [-0.2, 0) is 4.79 Å². The van der Waals surface area contributed by atoms with Gasteiger partial charge in [0, 0.05) is 11.3 Å². The average Bonchev–Trinajstić information content (AvgIpc) is 2.55. The van der Waals surface area contributed by atoms with Crippen molar-refractivity contribution in [2.75, 3.05) is 11.9 Å². The molecule has 6 heteroatoms. The molecule has 0 atom stereocenters. The lowest BCUT2D eigenvalue weighted by atomic mass is 10.2. The number of nitrogens with one attached hydrogen (secondary N) is 2. The van der Waals surface area contributed by atoms with Crippen LogP contribution < -0.4 is 15.4 Å². The van der Waals surface area contributed by atoms with Crippen LogP contribution in [0.25, 0.3) is 0 Å². The van der Waals surface area contributed by atoms with E-state index in [0.717, 1.165) is 0 Å². The molecule has 0 saturated carbocycles. The van der Waals surface area contributed by atoms with Gasteiger partial charge in [-0.2, -0.15) is 0 Å². The number of hydrogen-bond acceptors (Lipinski definition) is 3. The second-order valence-electron chi connectivity index (χ2n) is 5.41. The van der Waals surface area contributed by atoms with Crippen molar-refractivity contribution >= 4 is 29.1 Å². The Hall–Kier alpha value is -2.53. The highest BCUT2D eigenvalue weighted by atomic mass is 35.5. The molecule has 0 unspecified atom stereocenters. The molecule has 2 rings (SSSR count). The fourth-order valence-electron chi connectivity index (χ4n) is 1.99.